The summed E-state index contributed by atoms with van der Waals surface area (Å²) in [6.45, 7) is 1.03. The Morgan fingerprint density at radius 2 is 2.12 bits per heavy atom. The highest BCUT2D eigenvalue weighted by Gasteiger charge is 2.45. The zero-order valence-electron chi connectivity index (χ0n) is 13.4. The Bertz CT molecular complexity index is 792. The van der Waals surface area contributed by atoms with Gasteiger partial charge in [-0.2, -0.15) is 0 Å². The molecule has 0 spiro atoms. The third kappa shape index (κ3) is 3.02. The Labute approximate surface area is 143 Å². The number of hydrogen-bond acceptors (Lipinski definition) is 4. The summed E-state index contributed by atoms with van der Waals surface area (Å²) in [6, 6.07) is 9.21. The van der Waals surface area contributed by atoms with Crippen molar-refractivity contribution in [3.05, 3.63) is 59.8 Å². The van der Waals surface area contributed by atoms with Crippen LogP contribution in [0.25, 0.3) is 0 Å². The average Bonchev–Trinajstić information content (AvgIpc) is 3.26. The van der Waals surface area contributed by atoms with Gasteiger partial charge in [0.15, 0.2) is 5.76 Å². The van der Waals surface area contributed by atoms with Crippen LogP contribution in [0.15, 0.2) is 47.1 Å². The third-order valence-corrected chi connectivity index (χ3v) is 4.64. The van der Waals surface area contributed by atoms with E-state index in [1.807, 2.05) is 0 Å². The lowest BCUT2D eigenvalue weighted by atomic mass is 10.1. The minimum atomic E-state index is -0.337. The number of carbonyl (C=O) groups excluding carboxylic acids is 2. The molecule has 25 heavy (non-hydrogen) atoms. The Kier molecular flexibility index (Phi) is 4.01. The number of morpholine rings is 1. The van der Waals surface area contributed by atoms with Gasteiger partial charge in [-0.25, -0.2) is 4.39 Å². The van der Waals surface area contributed by atoms with Gasteiger partial charge < -0.3 is 19.0 Å². The summed E-state index contributed by atoms with van der Waals surface area (Å²) in [5, 5.41) is 0. The van der Waals surface area contributed by atoms with Gasteiger partial charge in [-0.1, -0.05) is 12.1 Å². The largest absolute Gasteiger partial charge is 0.459 e. The van der Waals surface area contributed by atoms with Crippen molar-refractivity contribution in [2.24, 2.45) is 0 Å². The van der Waals surface area contributed by atoms with Gasteiger partial charge in [-0.15, -0.1) is 0 Å². The number of likely N-dealkylation sites (tertiary alicyclic amines) is 1. The quantitative estimate of drug-likeness (QED) is 0.850. The van der Waals surface area contributed by atoms with Gasteiger partial charge in [-0.05, 0) is 29.8 Å². The summed E-state index contributed by atoms with van der Waals surface area (Å²) in [7, 11) is 0. The molecule has 3 heterocycles. The molecule has 0 radical (unpaired) electrons. The molecule has 0 aliphatic carbocycles. The fourth-order valence-corrected chi connectivity index (χ4v) is 3.43. The maximum atomic E-state index is 13.4. The fraction of sp³-hybridized carbons (Fsp3) is 0.333. The van der Waals surface area contributed by atoms with E-state index < -0.39 is 0 Å². The van der Waals surface area contributed by atoms with E-state index in [9.17, 15) is 14.0 Å². The molecule has 0 unspecified atom stereocenters. The van der Waals surface area contributed by atoms with E-state index in [0.717, 1.165) is 0 Å². The standard InChI is InChI=1S/C18H17FN2O4/c19-13-4-1-3-12(7-13)8-21-14-9-20(10-16(14)25-11-17(21)22)18(23)15-5-2-6-24-15/h1-7,14,16H,8-11H2/t14-,16-/m1/s1. The van der Waals surface area contributed by atoms with Gasteiger partial charge in [0.25, 0.3) is 5.91 Å². The molecule has 2 amide bonds. The number of benzene rings is 1. The highest BCUT2D eigenvalue weighted by molar-refractivity contribution is 5.92. The number of ether oxygens (including phenoxy) is 1. The van der Waals surface area contributed by atoms with Gasteiger partial charge in [0.1, 0.15) is 12.4 Å². The summed E-state index contributed by atoms with van der Waals surface area (Å²) in [6.07, 6.45) is 1.21. The van der Waals surface area contributed by atoms with E-state index in [4.69, 9.17) is 9.15 Å². The van der Waals surface area contributed by atoms with Crippen molar-refractivity contribution in [2.45, 2.75) is 18.7 Å². The highest BCUT2D eigenvalue weighted by atomic mass is 19.1. The van der Waals surface area contributed by atoms with Crippen LogP contribution in [-0.2, 0) is 16.1 Å². The van der Waals surface area contributed by atoms with Crippen molar-refractivity contribution < 1.29 is 23.1 Å². The lowest BCUT2D eigenvalue weighted by molar-refractivity contribution is -0.153. The van der Waals surface area contributed by atoms with Crippen LogP contribution in [0.1, 0.15) is 16.1 Å². The molecule has 7 heteroatoms. The van der Waals surface area contributed by atoms with Crippen molar-refractivity contribution in [2.75, 3.05) is 19.7 Å². The molecular formula is C18H17FN2O4. The minimum absolute atomic E-state index is 0.0285. The summed E-state index contributed by atoms with van der Waals surface area (Å²) < 4.78 is 24.2. The van der Waals surface area contributed by atoms with Crippen molar-refractivity contribution in [3.63, 3.8) is 0 Å². The van der Waals surface area contributed by atoms with Crippen LogP contribution in [0.2, 0.25) is 0 Å². The molecule has 0 saturated carbocycles. The van der Waals surface area contributed by atoms with Gasteiger partial charge in [0, 0.05) is 19.6 Å². The van der Waals surface area contributed by atoms with Gasteiger partial charge >= 0.3 is 0 Å². The lowest BCUT2D eigenvalue weighted by Gasteiger charge is -2.36. The summed E-state index contributed by atoms with van der Waals surface area (Å²) in [5.74, 6) is -0.448. The molecule has 0 N–H and O–H groups in total. The maximum Gasteiger partial charge on any atom is 0.289 e. The van der Waals surface area contributed by atoms with Gasteiger partial charge in [0.2, 0.25) is 5.91 Å². The zero-order chi connectivity index (χ0) is 17.4. The molecule has 2 saturated heterocycles. The number of fused-ring (bicyclic) bond motifs is 1. The first-order valence-electron chi connectivity index (χ1n) is 8.10. The van der Waals surface area contributed by atoms with Crippen molar-refractivity contribution in [1.82, 2.24) is 9.80 Å². The second-order valence-corrected chi connectivity index (χ2v) is 6.26. The second-order valence-electron chi connectivity index (χ2n) is 6.26. The van der Waals surface area contributed by atoms with Crippen molar-refractivity contribution >= 4 is 11.8 Å². The van der Waals surface area contributed by atoms with Gasteiger partial charge in [-0.3, -0.25) is 9.59 Å². The van der Waals surface area contributed by atoms with E-state index in [2.05, 4.69) is 0 Å². The number of furan rings is 1. The monoisotopic (exact) mass is 344 g/mol. The average molecular weight is 344 g/mol. The molecule has 2 aromatic rings. The normalized spacial score (nSPS) is 23.0. The molecule has 0 bridgehead atoms. The number of hydrogen-bond donors (Lipinski definition) is 0. The Morgan fingerprint density at radius 1 is 1.24 bits per heavy atom. The predicted molar refractivity (Wildman–Crippen MR) is 85.1 cm³/mol. The molecule has 2 aliphatic heterocycles. The molecule has 1 aromatic carbocycles. The van der Waals surface area contributed by atoms with Crippen molar-refractivity contribution in [1.29, 1.82) is 0 Å². The van der Waals surface area contributed by atoms with E-state index >= 15 is 0 Å². The third-order valence-electron chi connectivity index (χ3n) is 4.64. The molecule has 130 valence electrons. The second kappa shape index (κ2) is 6.33. The van der Waals surface area contributed by atoms with E-state index in [-0.39, 0.29) is 42.1 Å². The summed E-state index contributed by atoms with van der Waals surface area (Å²) in [5.41, 5.74) is 0.713. The Hall–Kier alpha value is -2.67. The summed E-state index contributed by atoms with van der Waals surface area (Å²) in [4.78, 5) is 28.1. The number of carbonyl (C=O) groups is 2. The van der Waals surface area contributed by atoms with Crippen LogP contribution in [0, 0.1) is 5.82 Å². The predicted octanol–water partition coefficient (Wildman–Crippen LogP) is 1.67. The van der Waals surface area contributed by atoms with Crippen LogP contribution in [0.4, 0.5) is 4.39 Å². The number of rotatable bonds is 3. The van der Waals surface area contributed by atoms with E-state index in [1.165, 1.54) is 18.4 Å². The molecule has 2 aliphatic rings. The van der Waals surface area contributed by atoms with Gasteiger partial charge in [0.05, 0.1) is 18.4 Å². The van der Waals surface area contributed by atoms with E-state index in [1.54, 1.807) is 34.1 Å². The number of amides is 2. The molecule has 4 rings (SSSR count). The highest BCUT2D eigenvalue weighted by Crippen LogP contribution is 2.26. The first kappa shape index (κ1) is 15.8. The molecular weight excluding hydrogens is 327 g/mol. The van der Waals surface area contributed by atoms with Crippen LogP contribution >= 0.6 is 0 Å². The topological polar surface area (TPSA) is 63.0 Å². The molecule has 1 aromatic heterocycles. The maximum absolute atomic E-state index is 13.4. The van der Waals surface area contributed by atoms with Crippen LogP contribution in [-0.4, -0.2) is 53.5 Å². The molecule has 2 atom stereocenters. The zero-order valence-corrected chi connectivity index (χ0v) is 13.4. The SMILES string of the molecule is O=C(c1ccco1)N1C[C@@H]2[C@@H](C1)OCC(=O)N2Cc1cccc(F)c1. The molecule has 6 nitrogen and oxygen atoms in total. The Balaban J connectivity index is 1.52. The van der Waals surface area contributed by atoms with Crippen molar-refractivity contribution in [3.8, 4) is 0 Å². The fourth-order valence-electron chi connectivity index (χ4n) is 3.43. The van der Waals surface area contributed by atoms with Crippen LogP contribution in [0.5, 0.6) is 0 Å². The number of nitrogens with zero attached hydrogens (tertiary/aromatic N) is 2. The number of halogens is 1. The summed E-state index contributed by atoms with van der Waals surface area (Å²) >= 11 is 0. The Morgan fingerprint density at radius 3 is 2.88 bits per heavy atom. The van der Waals surface area contributed by atoms with Crippen LogP contribution < -0.4 is 0 Å². The first-order valence-corrected chi connectivity index (χ1v) is 8.10. The minimum Gasteiger partial charge on any atom is -0.459 e. The lowest BCUT2D eigenvalue weighted by Crippen LogP contribution is -2.53. The molecule has 2 fully saturated rings. The van der Waals surface area contributed by atoms with E-state index in [0.29, 0.717) is 25.2 Å². The first-order chi connectivity index (χ1) is 12.1. The van der Waals surface area contributed by atoms with Crippen LogP contribution in [0.3, 0.4) is 0 Å². The smallest absolute Gasteiger partial charge is 0.289 e.